The molecular weight excluding hydrogens is 414 g/mol. The van der Waals surface area contributed by atoms with Crippen LogP contribution in [0.1, 0.15) is 47.0 Å². The Morgan fingerprint density at radius 3 is 2.30 bits per heavy atom. The molecule has 6 heteroatoms. The number of carbonyl (C=O) groups excluding carboxylic acids is 2. The van der Waals surface area contributed by atoms with Gasteiger partial charge in [-0.2, -0.15) is 0 Å². The van der Waals surface area contributed by atoms with Gasteiger partial charge in [0.1, 0.15) is 0 Å². The van der Waals surface area contributed by atoms with Gasteiger partial charge in [-0.25, -0.2) is 0 Å². The molecule has 1 N–H and O–H groups in total. The first-order chi connectivity index (χ1) is 16.1. The zero-order valence-corrected chi connectivity index (χ0v) is 19.1. The maximum Gasteiger partial charge on any atom is 0.292 e. The van der Waals surface area contributed by atoms with E-state index in [0.29, 0.717) is 38.9 Å². The number of rotatable bonds is 8. The maximum absolute atomic E-state index is 13.5. The highest BCUT2D eigenvalue weighted by Crippen LogP contribution is 2.36. The van der Waals surface area contributed by atoms with Gasteiger partial charge in [-0.1, -0.05) is 66.7 Å². The van der Waals surface area contributed by atoms with E-state index in [9.17, 15) is 9.59 Å². The van der Waals surface area contributed by atoms with Gasteiger partial charge >= 0.3 is 0 Å². The topological polar surface area (TPSA) is 75.4 Å². The molecule has 1 fully saturated rings. The van der Waals surface area contributed by atoms with Gasteiger partial charge in [0.25, 0.3) is 5.91 Å². The molecule has 4 rings (SSSR count). The van der Waals surface area contributed by atoms with Crippen molar-refractivity contribution in [2.24, 2.45) is 5.41 Å². The SMILES string of the molecule is CCc1ccc(CCNC(=O)C2(Cc3ccccc3)CCN(C(=O)c3ccno3)CC2)cc1. The third-order valence-corrected chi connectivity index (χ3v) is 6.65. The standard InChI is InChI=1S/C27H31N3O3/c1-2-21-8-10-22(11-9-21)12-16-28-26(32)27(20-23-6-4-3-5-7-23)14-18-30(19-15-27)25(31)24-13-17-29-33-24/h3-11,13,17H,2,12,14-16,18-20H2,1H3,(H,28,32). The molecule has 0 bridgehead atoms. The molecule has 1 saturated heterocycles. The average molecular weight is 446 g/mol. The molecule has 2 heterocycles. The van der Waals surface area contributed by atoms with Crippen molar-refractivity contribution in [1.29, 1.82) is 0 Å². The first-order valence-corrected chi connectivity index (χ1v) is 11.7. The van der Waals surface area contributed by atoms with E-state index in [2.05, 4.69) is 53.8 Å². The van der Waals surface area contributed by atoms with Gasteiger partial charge in [0, 0.05) is 25.7 Å². The first-order valence-electron chi connectivity index (χ1n) is 11.7. The van der Waals surface area contributed by atoms with Crippen LogP contribution in [0.2, 0.25) is 0 Å². The molecule has 0 saturated carbocycles. The van der Waals surface area contributed by atoms with Gasteiger partial charge in [-0.3, -0.25) is 9.59 Å². The number of amides is 2. The third-order valence-electron chi connectivity index (χ3n) is 6.65. The number of piperidine rings is 1. The number of nitrogens with one attached hydrogen (secondary N) is 1. The second kappa shape index (κ2) is 10.5. The van der Waals surface area contributed by atoms with E-state index < -0.39 is 5.41 Å². The van der Waals surface area contributed by atoms with Crippen LogP contribution in [0.15, 0.2) is 71.4 Å². The van der Waals surface area contributed by atoms with Crippen LogP contribution < -0.4 is 5.32 Å². The molecule has 0 aliphatic carbocycles. The fraction of sp³-hybridized carbons (Fsp3) is 0.370. The smallest absolute Gasteiger partial charge is 0.292 e. The Hall–Kier alpha value is -3.41. The highest BCUT2D eigenvalue weighted by molar-refractivity contribution is 5.91. The predicted octanol–water partition coefficient (Wildman–Crippen LogP) is 4.06. The number of likely N-dealkylation sites (tertiary alicyclic amines) is 1. The molecule has 2 amide bonds. The molecule has 6 nitrogen and oxygen atoms in total. The van der Waals surface area contributed by atoms with Gasteiger partial charge in [0.2, 0.25) is 11.7 Å². The van der Waals surface area contributed by atoms with E-state index in [0.717, 1.165) is 18.4 Å². The van der Waals surface area contributed by atoms with Crippen LogP contribution in [0, 0.1) is 5.41 Å². The predicted molar refractivity (Wildman–Crippen MR) is 127 cm³/mol. The van der Waals surface area contributed by atoms with Crippen molar-refractivity contribution in [2.75, 3.05) is 19.6 Å². The summed E-state index contributed by atoms with van der Waals surface area (Å²) in [6.07, 6.45) is 5.18. The Morgan fingerprint density at radius 2 is 1.67 bits per heavy atom. The van der Waals surface area contributed by atoms with Crippen molar-refractivity contribution in [3.63, 3.8) is 0 Å². The van der Waals surface area contributed by atoms with Crippen LogP contribution in [-0.2, 0) is 24.1 Å². The Morgan fingerprint density at radius 1 is 0.970 bits per heavy atom. The lowest BCUT2D eigenvalue weighted by molar-refractivity contribution is -0.133. The minimum absolute atomic E-state index is 0.0725. The number of nitrogens with zero attached hydrogens (tertiary/aromatic N) is 2. The lowest BCUT2D eigenvalue weighted by Gasteiger charge is -2.40. The van der Waals surface area contributed by atoms with E-state index in [1.54, 1.807) is 11.0 Å². The van der Waals surface area contributed by atoms with Crippen LogP contribution in [-0.4, -0.2) is 41.5 Å². The van der Waals surface area contributed by atoms with Crippen LogP contribution in [0.25, 0.3) is 0 Å². The van der Waals surface area contributed by atoms with Crippen molar-refractivity contribution >= 4 is 11.8 Å². The summed E-state index contributed by atoms with van der Waals surface area (Å²) in [7, 11) is 0. The minimum Gasteiger partial charge on any atom is -0.355 e. The second-order valence-corrected chi connectivity index (χ2v) is 8.79. The quantitative estimate of drug-likeness (QED) is 0.567. The number of aromatic nitrogens is 1. The first kappa shape index (κ1) is 22.8. The van der Waals surface area contributed by atoms with Crippen LogP contribution in [0.5, 0.6) is 0 Å². The molecule has 1 aliphatic rings. The lowest BCUT2D eigenvalue weighted by Crippen LogP contribution is -2.51. The monoisotopic (exact) mass is 445 g/mol. The molecular formula is C27H31N3O3. The fourth-order valence-corrected chi connectivity index (χ4v) is 4.54. The van der Waals surface area contributed by atoms with Gasteiger partial charge in [-0.05, 0) is 48.8 Å². The highest BCUT2D eigenvalue weighted by atomic mass is 16.5. The van der Waals surface area contributed by atoms with E-state index in [1.165, 1.54) is 17.3 Å². The molecule has 172 valence electrons. The van der Waals surface area contributed by atoms with Crippen molar-refractivity contribution in [3.8, 4) is 0 Å². The summed E-state index contributed by atoms with van der Waals surface area (Å²) in [6, 6.07) is 20.3. The number of benzene rings is 2. The van der Waals surface area contributed by atoms with Crippen molar-refractivity contribution in [1.82, 2.24) is 15.4 Å². The molecule has 3 aromatic rings. The second-order valence-electron chi connectivity index (χ2n) is 8.79. The Bertz CT molecular complexity index is 1040. The van der Waals surface area contributed by atoms with Gasteiger partial charge in [0.05, 0.1) is 11.6 Å². The van der Waals surface area contributed by atoms with E-state index in [-0.39, 0.29) is 17.6 Å². The molecule has 0 unspecified atom stereocenters. The average Bonchev–Trinajstić information content (AvgIpc) is 3.40. The van der Waals surface area contributed by atoms with Crippen molar-refractivity contribution in [2.45, 2.75) is 39.0 Å². The summed E-state index contributed by atoms with van der Waals surface area (Å²) in [5.41, 5.74) is 3.14. The van der Waals surface area contributed by atoms with Gasteiger partial charge in [-0.15, -0.1) is 0 Å². The molecule has 0 radical (unpaired) electrons. The molecule has 0 atom stereocenters. The normalized spacial score (nSPS) is 15.2. The zero-order chi connectivity index (χ0) is 23.1. The van der Waals surface area contributed by atoms with Crippen molar-refractivity contribution in [3.05, 3.63) is 89.3 Å². The van der Waals surface area contributed by atoms with Crippen molar-refractivity contribution < 1.29 is 14.1 Å². The third kappa shape index (κ3) is 5.51. The Kier molecular flexibility index (Phi) is 7.23. The number of hydrogen-bond acceptors (Lipinski definition) is 4. The Labute approximate surface area is 195 Å². The van der Waals surface area contributed by atoms with E-state index in [4.69, 9.17) is 4.52 Å². The number of carbonyl (C=O) groups is 2. The molecule has 0 spiro atoms. The summed E-state index contributed by atoms with van der Waals surface area (Å²) in [5, 5.41) is 6.82. The minimum atomic E-state index is -0.536. The molecule has 33 heavy (non-hydrogen) atoms. The number of hydrogen-bond donors (Lipinski definition) is 1. The summed E-state index contributed by atoms with van der Waals surface area (Å²) < 4.78 is 5.03. The maximum atomic E-state index is 13.5. The van der Waals surface area contributed by atoms with Crippen LogP contribution in [0.3, 0.4) is 0 Å². The lowest BCUT2D eigenvalue weighted by atomic mass is 9.73. The summed E-state index contributed by atoms with van der Waals surface area (Å²) >= 11 is 0. The van der Waals surface area contributed by atoms with Gasteiger partial charge < -0.3 is 14.7 Å². The summed E-state index contributed by atoms with van der Waals surface area (Å²) in [6.45, 7) is 3.77. The molecule has 1 aromatic heterocycles. The zero-order valence-electron chi connectivity index (χ0n) is 19.1. The summed E-state index contributed by atoms with van der Waals surface area (Å²) in [4.78, 5) is 27.9. The van der Waals surface area contributed by atoms with E-state index >= 15 is 0 Å². The Balaban J connectivity index is 1.41. The molecule has 1 aliphatic heterocycles. The number of aryl methyl sites for hydroxylation is 1. The summed E-state index contributed by atoms with van der Waals surface area (Å²) in [5.74, 6) is 0.143. The van der Waals surface area contributed by atoms with E-state index in [1.807, 2.05) is 18.2 Å². The highest BCUT2D eigenvalue weighted by Gasteiger charge is 2.42. The fourth-order valence-electron chi connectivity index (χ4n) is 4.54. The largest absolute Gasteiger partial charge is 0.355 e. The van der Waals surface area contributed by atoms with Gasteiger partial charge in [0.15, 0.2) is 0 Å². The van der Waals surface area contributed by atoms with Crippen LogP contribution >= 0.6 is 0 Å². The molecule has 2 aromatic carbocycles. The van der Waals surface area contributed by atoms with Crippen LogP contribution in [0.4, 0.5) is 0 Å².